The molecule has 0 unspecified atom stereocenters. The molecule has 1 aliphatic heterocycles. The molecule has 33 heavy (non-hydrogen) atoms. The summed E-state index contributed by atoms with van der Waals surface area (Å²) in [7, 11) is -3.69. The Labute approximate surface area is 199 Å². The van der Waals surface area contributed by atoms with E-state index in [1.165, 1.54) is 12.1 Å². The minimum atomic E-state index is -3.69. The number of likely N-dealkylation sites (tertiary alicyclic amines) is 1. The van der Waals surface area contributed by atoms with Crippen molar-refractivity contribution in [1.29, 1.82) is 5.26 Å². The highest BCUT2D eigenvalue weighted by molar-refractivity contribution is 7.89. The summed E-state index contributed by atoms with van der Waals surface area (Å²) in [4.78, 5) is 13.1. The molecule has 1 heterocycles. The summed E-state index contributed by atoms with van der Waals surface area (Å²) in [5, 5.41) is 18.3. The zero-order valence-electron chi connectivity index (χ0n) is 18.0. The lowest BCUT2D eigenvalue weighted by Crippen LogP contribution is -2.37. The number of carboxylic acids is 1. The SMILES string of the molecule is N#Cc1ccc(CN2C[C@H](NS(=O)(=O)c3ccc(Cl)cc3)C[C@H]2/C=C\CCCC(=O)O)cc1. The van der Waals surface area contributed by atoms with Crippen molar-refractivity contribution < 1.29 is 18.3 Å². The molecule has 2 atom stereocenters. The number of hydrogen-bond acceptors (Lipinski definition) is 5. The number of aliphatic carboxylic acids is 1. The largest absolute Gasteiger partial charge is 0.481 e. The predicted octanol–water partition coefficient (Wildman–Crippen LogP) is 3.94. The van der Waals surface area contributed by atoms with E-state index in [1.54, 1.807) is 24.3 Å². The van der Waals surface area contributed by atoms with Gasteiger partial charge in [0.2, 0.25) is 10.0 Å². The molecule has 0 spiro atoms. The van der Waals surface area contributed by atoms with Crippen LogP contribution in [0.15, 0.2) is 65.6 Å². The molecule has 0 radical (unpaired) electrons. The second kappa shape index (κ2) is 11.4. The van der Waals surface area contributed by atoms with Crippen molar-refractivity contribution in [1.82, 2.24) is 9.62 Å². The van der Waals surface area contributed by atoms with Gasteiger partial charge in [-0.1, -0.05) is 35.9 Å². The first-order valence-electron chi connectivity index (χ1n) is 10.7. The Hall–Kier alpha value is -2.70. The first-order valence-corrected chi connectivity index (χ1v) is 12.5. The molecule has 1 saturated heterocycles. The molecule has 174 valence electrons. The van der Waals surface area contributed by atoms with E-state index in [2.05, 4.69) is 15.7 Å². The van der Waals surface area contributed by atoms with E-state index in [0.29, 0.717) is 42.9 Å². The fourth-order valence-corrected chi connectivity index (χ4v) is 5.21. The Morgan fingerprint density at radius 1 is 1.21 bits per heavy atom. The van der Waals surface area contributed by atoms with Crippen LogP contribution in [-0.4, -0.2) is 43.0 Å². The lowest BCUT2D eigenvalue weighted by atomic mass is 10.1. The smallest absolute Gasteiger partial charge is 0.303 e. The lowest BCUT2D eigenvalue weighted by Gasteiger charge is -2.22. The number of sulfonamides is 1. The van der Waals surface area contributed by atoms with Gasteiger partial charge in [0.15, 0.2) is 0 Å². The number of benzene rings is 2. The average molecular weight is 488 g/mol. The van der Waals surface area contributed by atoms with Crippen molar-refractivity contribution in [3.05, 3.63) is 76.8 Å². The van der Waals surface area contributed by atoms with Gasteiger partial charge in [-0.15, -0.1) is 0 Å². The molecule has 1 fully saturated rings. The fraction of sp³-hybridized carbons (Fsp3) is 0.333. The third-order valence-corrected chi connectivity index (χ3v) is 7.27. The number of halogens is 1. The number of hydrogen-bond donors (Lipinski definition) is 2. The third kappa shape index (κ3) is 7.41. The standard InChI is InChI=1S/C24H26ClN3O4S/c25-20-10-12-23(13-11-20)33(31,32)27-21-14-22(4-2-1-3-5-24(29)30)28(17-21)16-19-8-6-18(15-26)7-9-19/h2,4,6-13,21-22,27H,1,3,5,14,16-17H2,(H,29,30)/b4-2-/t21-,22-/m1/s1. The number of allylic oxidation sites excluding steroid dienone is 1. The summed E-state index contributed by atoms with van der Waals surface area (Å²) in [5.41, 5.74) is 1.61. The van der Waals surface area contributed by atoms with Crippen molar-refractivity contribution in [2.75, 3.05) is 6.54 Å². The van der Waals surface area contributed by atoms with E-state index in [9.17, 15) is 13.2 Å². The van der Waals surface area contributed by atoms with Crippen LogP contribution in [0.3, 0.4) is 0 Å². The Bertz CT molecular complexity index is 1130. The number of carbonyl (C=O) groups is 1. The van der Waals surface area contributed by atoms with Gasteiger partial charge in [0, 0.05) is 36.6 Å². The third-order valence-electron chi connectivity index (χ3n) is 5.48. The van der Waals surface area contributed by atoms with Gasteiger partial charge >= 0.3 is 5.97 Å². The molecule has 3 rings (SSSR count). The topological polar surface area (TPSA) is 111 Å². The second-order valence-electron chi connectivity index (χ2n) is 8.03. The number of carboxylic acid groups (broad SMARTS) is 1. The van der Waals surface area contributed by atoms with Gasteiger partial charge in [-0.05, 0) is 61.2 Å². The van der Waals surface area contributed by atoms with Crippen molar-refractivity contribution >= 4 is 27.6 Å². The Balaban J connectivity index is 1.70. The van der Waals surface area contributed by atoms with Gasteiger partial charge < -0.3 is 5.11 Å². The summed E-state index contributed by atoms with van der Waals surface area (Å²) in [6.07, 6.45) is 5.92. The van der Waals surface area contributed by atoms with Crippen molar-refractivity contribution in [3.63, 3.8) is 0 Å². The van der Waals surface area contributed by atoms with Crippen LogP contribution < -0.4 is 4.72 Å². The number of nitriles is 1. The molecular formula is C24H26ClN3O4S. The lowest BCUT2D eigenvalue weighted by molar-refractivity contribution is -0.137. The maximum absolute atomic E-state index is 12.8. The van der Waals surface area contributed by atoms with Gasteiger partial charge in [-0.2, -0.15) is 5.26 Å². The zero-order valence-corrected chi connectivity index (χ0v) is 19.6. The molecule has 0 saturated carbocycles. The Morgan fingerprint density at radius 3 is 2.55 bits per heavy atom. The maximum Gasteiger partial charge on any atom is 0.303 e. The highest BCUT2D eigenvalue weighted by Crippen LogP contribution is 2.24. The van der Waals surface area contributed by atoms with Crippen LogP contribution in [0, 0.1) is 11.3 Å². The van der Waals surface area contributed by atoms with Gasteiger partial charge in [0.1, 0.15) is 0 Å². The molecule has 2 N–H and O–H groups in total. The van der Waals surface area contributed by atoms with Crippen LogP contribution >= 0.6 is 11.6 Å². The van der Waals surface area contributed by atoms with E-state index in [1.807, 2.05) is 24.3 Å². The molecule has 1 aliphatic rings. The van der Waals surface area contributed by atoms with Crippen LogP contribution in [0.2, 0.25) is 5.02 Å². The van der Waals surface area contributed by atoms with Crippen LogP contribution in [0.1, 0.15) is 36.8 Å². The van der Waals surface area contributed by atoms with Crippen LogP contribution in [0.5, 0.6) is 0 Å². The van der Waals surface area contributed by atoms with Crippen molar-refractivity contribution in [2.45, 2.75) is 49.2 Å². The number of rotatable bonds is 10. The molecule has 9 heteroatoms. The summed E-state index contributed by atoms with van der Waals surface area (Å²) in [5.74, 6) is -0.816. The highest BCUT2D eigenvalue weighted by Gasteiger charge is 2.33. The van der Waals surface area contributed by atoms with Crippen LogP contribution in [0.4, 0.5) is 0 Å². The quantitative estimate of drug-likeness (QED) is 0.388. The van der Waals surface area contributed by atoms with Gasteiger partial charge in [-0.3, -0.25) is 9.69 Å². The van der Waals surface area contributed by atoms with E-state index in [-0.39, 0.29) is 23.4 Å². The van der Waals surface area contributed by atoms with Gasteiger partial charge in [-0.25, -0.2) is 13.1 Å². The van der Waals surface area contributed by atoms with E-state index in [4.69, 9.17) is 22.0 Å². The van der Waals surface area contributed by atoms with Gasteiger partial charge in [0.25, 0.3) is 0 Å². The van der Waals surface area contributed by atoms with E-state index >= 15 is 0 Å². The molecule has 7 nitrogen and oxygen atoms in total. The maximum atomic E-state index is 12.8. The summed E-state index contributed by atoms with van der Waals surface area (Å²) >= 11 is 5.87. The number of unbranched alkanes of at least 4 members (excludes halogenated alkanes) is 1. The fourth-order valence-electron chi connectivity index (χ4n) is 3.85. The molecule has 2 aromatic rings. The van der Waals surface area contributed by atoms with Crippen LogP contribution in [-0.2, 0) is 21.4 Å². The molecule has 0 aromatic heterocycles. The minimum Gasteiger partial charge on any atom is -0.481 e. The van der Waals surface area contributed by atoms with E-state index in [0.717, 1.165) is 5.56 Å². The Morgan fingerprint density at radius 2 is 1.91 bits per heavy atom. The minimum absolute atomic E-state index is 0.00314. The summed E-state index contributed by atoms with van der Waals surface area (Å²) in [6, 6.07) is 15.2. The van der Waals surface area contributed by atoms with Gasteiger partial charge in [0.05, 0.1) is 16.5 Å². The average Bonchev–Trinajstić information content (AvgIpc) is 3.14. The summed E-state index contributed by atoms with van der Waals surface area (Å²) in [6.45, 7) is 1.13. The van der Waals surface area contributed by atoms with Crippen LogP contribution in [0.25, 0.3) is 0 Å². The highest BCUT2D eigenvalue weighted by atomic mass is 35.5. The van der Waals surface area contributed by atoms with Crippen molar-refractivity contribution in [2.24, 2.45) is 0 Å². The predicted molar refractivity (Wildman–Crippen MR) is 126 cm³/mol. The van der Waals surface area contributed by atoms with Crippen molar-refractivity contribution in [3.8, 4) is 6.07 Å². The summed E-state index contributed by atoms with van der Waals surface area (Å²) < 4.78 is 28.5. The zero-order chi connectivity index (χ0) is 23.8. The Kier molecular flexibility index (Phi) is 8.64. The first kappa shape index (κ1) is 24.9. The first-order chi connectivity index (χ1) is 15.8. The second-order valence-corrected chi connectivity index (χ2v) is 10.2. The number of nitrogens with one attached hydrogen (secondary N) is 1. The molecule has 0 bridgehead atoms. The molecule has 0 aliphatic carbocycles. The molecule has 0 amide bonds. The van der Waals surface area contributed by atoms with E-state index < -0.39 is 16.0 Å². The molecule has 2 aromatic carbocycles. The molecular weight excluding hydrogens is 462 g/mol. The number of nitrogens with zero attached hydrogens (tertiary/aromatic N) is 2. The monoisotopic (exact) mass is 487 g/mol. The normalized spacial score (nSPS) is 19.0.